The number of aromatic hydroxyl groups is 2. The van der Waals surface area contributed by atoms with Crippen molar-refractivity contribution in [3.05, 3.63) is 47.5 Å². The Balaban J connectivity index is 0.00000261. The summed E-state index contributed by atoms with van der Waals surface area (Å²) in [5, 5.41) is 39.2. The molecule has 27 heavy (non-hydrogen) atoms. The molecule has 3 rings (SSSR count). The minimum Gasteiger partial charge on any atom is -0.872 e. The van der Waals surface area contributed by atoms with Crippen LogP contribution >= 0.6 is 11.6 Å². The van der Waals surface area contributed by atoms with E-state index in [9.17, 15) is 28.3 Å². The van der Waals surface area contributed by atoms with Crippen LogP contribution in [0.15, 0.2) is 57.6 Å². The number of phenols is 2. The van der Waals surface area contributed by atoms with Crippen LogP contribution in [0, 0.1) is 0 Å². The van der Waals surface area contributed by atoms with Crippen molar-refractivity contribution in [1.82, 2.24) is 0 Å². The van der Waals surface area contributed by atoms with Crippen LogP contribution in [0.2, 0.25) is 5.02 Å². The summed E-state index contributed by atoms with van der Waals surface area (Å²) in [7, 11) is -4.76. The van der Waals surface area contributed by atoms with E-state index in [1.807, 2.05) is 0 Å². The molecular weight excluding hydrogens is 407 g/mol. The molecule has 0 unspecified atom stereocenters. The van der Waals surface area contributed by atoms with Gasteiger partial charge in [-0.05, 0) is 18.2 Å². The van der Waals surface area contributed by atoms with Crippen LogP contribution in [0.5, 0.6) is 17.2 Å². The summed E-state index contributed by atoms with van der Waals surface area (Å²) >= 11 is 5.82. The van der Waals surface area contributed by atoms with Crippen LogP contribution < -0.4 is 34.7 Å². The Labute approximate surface area is 180 Å². The molecule has 3 aromatic rings. The van der Waals surface area contributed by atoms with Gasteiger partial charge in [0.1, 0.15) is 27.8 Å². The molecule has 8 nitrogen and oxygen atoms in total. The molecule has 0 aromatic heterocycles. The van der Waals surface area contributed by atoms with Crippen molar-refractivity contribution < 1.29 is 57.8 Å². The van der Waals surface area contributed by atoms with Crippen LogP contribution in [0.25, 0.3) is 10.8 Å². The first-order valence-corrected chi connectivity index (χ1v) is 8.83. The molecule has 3 aromatic carbocycles. The Hall–Kier alpha value is -1.88. The number of rotatable bonds is 3. The van der Waals surface area contributed by atoms with E-state index in [0.29, 0.717) is 0 Å². The van der Waals surface area contributed by atoms with Gasteiger partial charge in [0.05, 0.1) is 0 Å². The van der Waals surface area contributed by atoms with Gasteiger partial charge in [-0.3, -0.25) is 4.55 Å². The summed E-state index contributed by atoms with van der Waals surface area (Å²) in [6.45, 7) is 0. The van der Waals surface area contributed by atoms with Gasteiger partial charge in [0.2, 0.25) is 0 Å². The van der Waals surface area contributed by atoms with Gasteiger partial charge in [-0.2, -0.15) is 8.42 Å². The van der Waals surface area contributed by atoms with Gasteiger partial charge in [0.25, 0.3) is 10.1 Å². The molecule has 0 radical (unpaired) electrons. The fraction of sp³-hybridized carbons (Fsp3) is 0. The van der Waals surface area contributed by atoms with Crippen molar-refractivity contribution >= 4 is 43.9 Å². The minimum absolute atomic E-state index is 0. The molecule has 0 heterocycles. The van der Waals surface area contributed by atoms with E-state index >= 15 is 0 Å². The third-order valence-electron chi connectivity index (χ3n) is 3.50. The third-order valence-corrected chi connectivity index (χ3v) is 4.60. The molecule has 0 amide bonds. The quantitative estimate of drug-likeness (QED) is 0.325. The smallest absolute Gasteiger partial charge is 0.872 e. The number of hydrogen-bond donors (Lipinski definition) is 3. The molecule has 0 aliphatic carbocycles. The second-order valence-corrected chi connectivity index (χ2v) is 7.08. The largest absolute Gasteiger partial charge is 1.00 e. The first-order valence-electron chi connectivity index (χ1n) is 7.01. The number of fused-ring (bicyclic) bond motifs is 1. The molecule has 0 bridgehead atoms. The van der Waals surface area contributed by atoms with E-state index in [4.69, 9.17) is 11.6 Å². The standard InChI is InChI=1S/C16H11ClN2O6S.Na/c17-8-1-4-13(21)12(5-8)18-19-16-10-3-2-9(20)6-11(10)14(22)7-15(16)26(23,24)25;/h1-7,20-22H,(H,23,24,25);/q;+1/p-1. The third kappa shape index (κ3) is 4.52. The zero-order valence-corrected chi connectivity index (χ0v) is 17.4. The maximum Gasteiger partial charge on any atom is 1.00 e. The molecule has 0 fully saturated rings. The van der Waals surface area contributed by atoms with Crippen molar-refractivity contribution in [2.24, 2.45) is 10.2 Å². The van der Waals surface area contributed by atoms with Gasteiger partial charge in [0, 0.05) is 21.9 Å². The Morgan fingerprint density at radius 1 is 0.926 bits per heavy atom. The number of hydrogen-bond acceptors (Lipinski definition) is 7. The van der Waals surface area contributed by atoms with Crippen LogP contribution in [0.1, 0.15) is 0 Å². The first kappa shape index (κ1) is 21.4. The molecule has 3 N–H and O–H groups in total. The van der Waals surface area contributed by atoms with Crippen molar-refractivity contribution in [2.45, 2.75) is 4.90 Å². The fourth-order valence-electron chi connectivity index (χ4n) is 2.33. The predicted molar refractivity (Wildman–Crippen MR) is 92.2 cm³/mol. The molecule has 0 atom stereocenters. The van der Waals surface area contributed by atoms with Gasteiger partial charge in [-0.25, -0.2) is 0 Å². The summed E-state index contributed by atoms with van der Waals surface area (Å²) in [6, 6.07) is 8.25. The summed E-state index contributed by atoms with van der Waals surface area (Å²) in [4.78, 5) is -0.702. The molecule has 0 saturated heterocycles. The zero-order valence-electron chi connectivity index (χ0n) is 13.8. The number of nitrogens with zero attached hydrogens (tertiary/aromatic N) is 2. The molecule has 0 aliphatic rings. The van der Waals surface area contributed by atoms with E-state index in [0.717, 1.165) is 18.2 Å². The Bertz CT molecular complexity index is 1170. The van der Waals surface area contributed by atoms with Crippen LogP contribution in [-0.4, -0.2) is 23.2 Å². The number of benzene rings is 3. The van der Waals surface area contributed by atoms with E-state index < -0.39 is 26.5 Å². The summed E-state index contributed by atoms with van der Waals surface area (Å²) in [6.07, 6.45) is 0. The maximum absolute atomic E-state index is 11.7. The van der Waals surface area contributed by atoms with Gasteiger partial charge in [-0.1, -0.05) is 29.8 Å². The SMILES string of the molecule is O=S(=O)(O)c1cc(O)c2cc([O-])ccc2c1N=Nc1cc(Cl)ccc1O.[Na+]. The van der Waals surface area contributed by atoms with Crippen molar-refractivity contribution in [1.29, 1.82) is 0 Å². The van der Waals surface area contributed by atoms with Gasteiger partial charge in [0.15, 0.2) is 0 Å². The van der Waals surface area contributed by atoms with Crippen molar-refractivity contribution in [3.8, 4) is 17.2 Å². The normalized spacial score (nSPS) is 11.6. The monoisotopic (exact) mass is 416 g/mol. The molecule has 11 heteroatoms. The Kier molecular flexibility index (Phi) is 6.35. The van der Waals surface area contributed by atoms with Gasteiger partial charge < -0.3 is 15.3 Å². The van der Waals surface area contributed by atoms with Crippen LogP contribution in [-0.2, 0) is 10.1 Å². The number of azo groups is 1. The number of halogens is 1. The minimum atomic E-state index is -4.76. The van der Waals surface area contributed by atoms with Crippen LogP contribution in [0.3, 0.4) is 0 Å². The second-order valence-electron chi connectivity index (χ2n) is 5.26. The Morgan fingerprint density at radius 3 is 2.30 bits per heavy atom. The topological polar surface area (TPSA) is 143 Å². The molecule has 0 spiro atoms. The molecular formula is C16H10ClN2NaO6S. The van der Waals surface area contributed by atoms with E-state index in [-0.39, 0.29) is 62.5 Å². The van der Waals surface area contributed by atoms with Crippen molar-refractivity contribution in [3.63, 3.8) is 0 Å². The summed E-state index contributed by atoms with van der Waals surface area (Å²) in [5.74, 6) is -1.19. The summed E-state index contributed by atoms with van der Waals surface area (Å²) < 4.78 is 32.8. The average Bonchev–Trinajstić information content (AvgIpc) is 2.56. The molecule has 0 saturated carbocycles. The number of phenolic OH excluding ortho intramolecular Hbond substituents is 2. The summed E-state index contributed by atoms with van der Waals surface area (Å²) in [5.41, 5.74) is -0.347. The zero-order chi connectivity index (χ0) is 19.1. The predicted octanol–water partition coefficient (Wildman–Crippen LogP) is 0.644. The molecule has 134 valence electrons. The first-order chi connectivity index (χ1) is 12.2. The van der Waals surface area contributed by atoms with E-state index in [1.165, 1.54) is 24.3 Å². The maximum atomic E-state index is 11.7. The average molecular weight is 417 g/mol. The van der Waals surface area contributed by atoms with Gasteiger partial charge in [-0.15, -0.1) is 16.0 Å². The Morgan fingerprint density at radius 2 is 1.63 bits per heavy atom. The van der Waals surface area contributed by atoms with Crippen molar-refractivity contribution in [2.75, 3.05) is 0 Å². The van der Waals surface area contributed by atoms with Crippen LogP contribution in [0.4, 0.5) is 11.4 Å². The molecule has 0 aliphatic heterocycles. The fourth-order valence-corrected chi connectivity index (χ4v) is 3.15. The van der Waals surface area contributed by atoms with Gasteiger partial charge >= 0.3 is 29.6 Å². The second kappa shape index (κ2) is 8.01. The van der Waals surface area contributed by atoms with E-state index in [1.54, 1.807) is 0 Å². The van der Waals surface area contributed by atoms with E-state index in [2.05, 4.69) is 10.2 Å².